The summed E-state index contributed by atoms with van der Waals surface area (Å²) in [7, 11) is 0. The van der Waals surface area contributed by atoms with E-state index in [9.17, 15) is 9.59 Å². The van der Waals surface area contributed by atoms with Gasteiger partial charge in [0.25, 0.3) is 5.91 Å². The average Bonchev–Trinajstić information content (AvgIpc) is 3.10. The van der Waals surface area contributed by atoms with Crippen LogP contribution in [0.2, 0.25) is 0 Å². The topological polar surface area (TPSA) is 91.6 Å². The normalized spacial score (nSPS) is 14.7. The van der Waals surface area contributed by atoms with Crippen LogP contribution in [0.4, 0.5) is 11.6 Å². The van der Waals surface area contributed by atoms with Gasteiger partial charge in [0, 0.05) is 26.2 Å². The SMILES string of the molecule is O=CN1CCN(c2ccc(NC(=O)c3ccco3)nn2)CC1. The number of carbonyl (C=O) groups is 2. The smallest absolute Gasteiger partial charge is 0.292 e. The second-order valence-corrected chi connectivity index (χ2v) is 4.84. The predicted molar refractivity (Wildman–Crippen MR) is 78.5 cm³/mol. The van der Waals surface area contributed by atoms with Crippen molar-refractivity contribution in [2.75, 3.05) is 36.4 Å². The third-order valence-electron chi connectivity index (χ3n) is 3.42. The molecule has 0 atom stereocenters. The molecule has 3 heterocycles. The highest BCUT2D eigenvalue weighted by atomic mass is 16.3. The summed E-state index contributed by atoms with van der Waals surface area (Å²) >= 11 is 0. The molecule has 3 rings (SSSR count). The summed E-state index contributed by atoms with van der Waals surface area (Å²) in [6.07, 6.45) is 2.29. The van der Waals surface area contributed by atoms with E-state index >= 15 is 0 Å². The van der Waals surface area contributed by atoms with E-state index < -0.39 is 0 Å². The fourth-order valence-corrected chi connectivity index (χ4v) is 2.20. The molecule has 0 bridgehead atoms. The van der Waals surface area contributed by atoms with Crippen LogP contribution >= 0.6 is 0 Å². The van der Waals surface area contributed by atoms with Gasteiger partial charge in [0.1, 0.15) is 0 Å². The first-order valence-corrected chi connectivity index (χ1v) is 6.89. The minimum Gasteiger partial charge on any atom is -0.459 e. The van der Waals surface area contributed by atoms with Crippen LogP contribution in [-0.2, 0) is 4.79 Å². The lowest BCUT2D eigenvalue weighted by atomic mass is 10.3. The molecule has 1 N–H and O–H groups in total. The van der Waals surface area contributed by atoms with Crippen molar-refractivity contribution in [2.24, 2.45) is 0 Å². The van der Waals surface area contributed by atoms with Gasteiger partial charge in [-0.2, -0.15) is 0 Å². The monoisotopic (exact) mass is 301 g/mol. The zero-order valence-electron chi connectivity index (χ0n) is 11.8. The average molecular weight is 301 g/mol. The number of amides is 2. The number of rotatable bonds is 4. The van der Waals surface area contributed by atoms with Gasteiger partial charge in [-0.3, -0.25) is 9.59 Å². The van der Waals surface area contributed by atoms with Crippen LogP contribution in [0.5, 0.6) is 0 Å². The van der Waals surface area contributed by atoms with Crippen molar-refractivity contribution >= 4 is 24.0 Å². The van der Waals surface area contributed by atoms with Crippen LogP contribution in [-0.4, -0.2) is 53.6 Å². The number of piperazine rings is 1. The van der Waals surface area contributed by atoms with Crippen molar-refractivity contribution in [1.29, 1.82) is 0 Å². The maximum absolute atomic E-state index is 11.8. The van der Waals surface area contributed by atoms with Crippen molar-refractivity contribution in [2.45, 2.75) is 0 Å². The first kappa shape index (κ1) is 14.1. The van der Waals surface area contributed by atoms with Crippen molar-refractivity contribution in [3.05, 3.63) is 36.3 Å². The van der Waals surface area contributed by atoms with Gasteiger partial charge < -0.3 is 19.5 Å². The zero-order valence-corrected chi connectivity index (χ0v) is 11.8. The van der Waals surface area contributed by atoms with E-state index in [0.717, 1.165) is 12.2 Å². The highest BCUT2D eigenvalue weighted by Gasteiger charge is 2.17. The van der Waals surface area contributed by atoms with Gasteiger partial charge in [0.15, 0.2) is 17.4 Å². The van der Waals surface area contributed by atoms with E-state index in [4.69, 9.17) is 4.42 Å². The largest absolute Gasteiger partial charge is 0.459 e. The van der Waals surface area contributed by atoms with Gasteiger partial charge in [-0.1, -0.05) is 0 Å². The van der Waals surface area contributed by atoms with E-state index in [2.05, 4.69) is 15.5 Å². The molecule has 1 aliphatic heterocycles. The molecular formula is C14H15N5O3. The molecular weight excluding hydrogens is 286 g/mol. The van der Waals surface area contributed by atoms with Crippen molar-refractivity contribution in [3.63, 3.8) is 0 Å². The summed E-state index contributed by atoms with van der Waals surface area (Å²) in [4.78, 5) is 26.3. The van der Waals surface area contributed by atoms with E-state index in [-0.39, 0.29) is 11.7 Å². The first-order chi connectivity index (χ1) is 10.8. The Morgan fingerprint density at radius 3 is 2.59 bits per heavy atom. The summed E-state index contributed by atoms with van der Waals surface area (Å²) in [5, 5.41) is 10.7. The number of carbonyl (C=O) groups excluding carboxylic acids is 2. The molecule has 2 amide bonds. The number of hydrogen-bond donors (Lipinski definition) is 1. The van der Waals surface area contributed by atoms with Gasteiger partial charge >= 0.3 is 0 Å². The third-order valence-corrected chi connectivity index (χ3v) is 3.42. The standard InChI is InChI=1S/C14H15N5O3/c20-10-18-5-7-19(8-6-18)13-4-3-12(16-17-13)15-14(21)11-2-1-9-22-11/h1-4,9-10H,5-8H2,(H,15,16,21). The molecule has 22 heavy (non-hydrogen) atoms. The lowest BCUT2D eigenvalue weighted by Gasteiger charge is -2.32. The Hall–Kier alpha value is -2.90. The molecule has 114 valence electrons. The van der Waals surface area contributed by atoms with Crippen LogP contribution in [0, 0.1) is 0 Å². The molecule has 2 aromatic heterocycles. The minimum atomic E-state index is -0.369. The summed E-state index contributed by atoms with van der Waals surface area (Å²) in [6, 6.07) is 6.70. The van der Waals surface area contributed by atoms with Crippen LogP contribution in [0.15, 0.2) is 34.9 Å². The zero-order chi connectivity index (χ0) is 15.4. The third kappa shape index (κ3) is 3.05. The van der Waals surface area contributed by atoms with E-state index in [1.807, 2.05) is 4.90 Å². The number of anilines is 2. The maximum atomic E-state index is 11.8. The summed E-state index contributed by atoms with van der Waals surface area (Å²) in [5.74, 6) is 0.931. The first-order valence-electron chi connectivity index (χ1n) is 6.89. The Morgan fingerprint density at radius 2 is 2.00 bits per heavy atom. The lowest BCUT2D eigenvalue weighted by Crippen LogP contribution is -2.46. The molecule has 8 heteroatoms. The van der Waals surface area contributed by atoms with Crippen molar-refractivity contribution in [1.82, 2.24) is 15.1 Å². The molecule has 8 nitrogen and oxygen atoms in total. The molecule has 0 radical (unpaired) electrons. The quantitative estimate of drug-likeness (QED) is 0.832. The molecule has 0 aromatic carbocycles. The summed E-state index contributed by atoms with van der Waals surface area (Å²) in [5.41, 5.74) is 0. The van der Waals surface area contributed by atoms with Gasteiger partial charge in [-0.05, 0) is 24.3 Å². The molecule has 0 aliphatic carbocycles. The van der Waals surface area contributed by atoms with Gasteiger partial charge in [0.05, 0.1) is 6.26 Å². The van der Waals surface area contributed by atoms with Gasteiger partial charge in [-0.15, -0.1) is 10.2 Å². The van der Waals surface area contributed by atoms with E-state index in [1.165, 1.54) is 6.26 Å². The minimum absolute atomic E-state index is 0.218. The number of aromatic nitrogens is 2. The van der Waals surface area contributed by atoms with Crippen molar-refractivity contribution in [3.8, 4) is 0 Å². The number of nitrogens with zero attached hydrogens (tertiary/aromatic N) is 4. The number of furan rings is 1. The maximum Gasteiger partial charge on any atom is 0.292 e. The second-order valence-electron chi connectivity index (χ2n) is 4.84. The van der Waals surface area contributed by atoms with Gasteiger partial charge in [0.2, 0.25) is 6.41 Å². The van der Waals surface area contributed by atoms with Crippen LogP contribution < -0.4 is 10.2 Å². The lowest BCUT2D eigenvalue weighted by molar-refractivity contribution is -0.118. The van der Waals surface area contributed by atoms with E-state index in [1.54, 1.807) is 29.2 Å². The fourth-order valence-electron chi connectivity index (χ4n) is 2.20. The molecule has 0 unspecified atom stereocenters. The highest BCUT2D eigenvalue weighted by Crippen LogP contribution is 2.14. The van der Waals surface area contributed by atoms with Crippen LogP contribution in [0.3, 0.4) is 0 Å². The Balaban J connectivity index is 1.61. The highest BCUT2D eigenvalue weighted by molar-refractivity contribution is 6.01. The molecule has 1 aliphatic rings. The van der Waals surface area contributed by atoms with E-state index in [0.29, 0.717) is 32.0 Å². The number of hydrogen-bond acceptors (Lipinski definition) is 6. The Bertz CT molecular complexity index is 633. The molecule has 2 aromatic rings. The van der Waals surface area contributed by atoms with Crippen molar-refractivity contribution < 1.29 is 14.0 Å². The second kappa shape index (κ2) is 6.25. The fraction of sp³-hybridized carbons (Fsp3) is 0.286. The Morgan fingerprint density at radius 1 is 1.18 bits per heavy atom. The summed E-state index contributed by atoms with van der Waals surface area (Å²) < 4.78 is 5.01. The van der Waals surface area contributed by atoms with Crippen LogP contribution in [0.25, 0.3) is 0 Å². The number of nitrogens with one attached hydrogen (secondary N) is 1. The Labute approximate surface area is 126 Å². The molecule has 1 saturated heterocycles. The Kier molecular flexibility index (Phi) is 3.99. The van der Waals surface area contributed by atoms with Crippen LogP contribution in [0.1, 0.15) is 10.6 Å². The molecule has 1 fully saturated rings. The molecule has 0 spiro atoms. The molecule has 0 saturated carbocycles. The predicted octanol–water partition coefficient (Wildman–Crippen LogP) is 0.600. The van der Waals surface area contributed by atoms with Gasteiger partial charge in [-0.25, -0.2) is 0 Å². The summed E-state index contributed by atoms with van der Waals surface area (Å²) in [6.45, 7) is 2.77.